The Morgan fingerprint density at radius 2 is 1.86 bits per heavy atom. The van der Waals surface area contributed by atoms with Crippen molar-refractivity contribution in [2.45, 2.75) is 13.3 Å². The molecular formula is C21H26N4O3. The monoisotopic (exact) mass is 382 g/mol. The molecule has 1 aliphatic rings. The molecule has 0 atom stereocenters. The second-order valence-electron chi connectivity index (χ2n) is 6.84. The second-order valence-corrected chi connectivity index (χ2v) is 6.84. The molecule has 2 aromatic rings. The maximum Gasteiger partial charge on any atom is 0.309 e. The Labute approximate surface area is 165 Å². The summed E-state index contributed by atoms with van der Waals surface area (Å²) in [6.07, 6.45) is 0.197. The molecule has 0 radical (unpaired) electrons. The Bertz CT molecular complexity index is 860. The van der Waals surface area contributed by atoms with E-state index < -0.39 is 0 Å². The minimum Gasteiger partial charge on any atom is -0.469 e. The summed E-state index contributed by atoms with van der Waals surface area (Å²) in [7, 11) is 1.37. The van der Waals surface area contributed by atoms with E-state index in [1.165, 1.54) is 7.11 Å². The molecule has 0 spiro atoms. The Hall–Kier alpha value is -3.22. The van der Waals surface area contributed by atoms with Crippen LogP contribution < -0.4 is 16.0 Å². The van der Waals surface area contributed by atoms with E-state index in [1.54, 1.807) is 13.0 Å². The van der Waals surface area contributed by atoms with Crippen LogP contribution in [-0.2, 0) is 20.7 Å². The van der Waals surface area contributed by atoms with Gasteiger partial charge >= 0.3 is 5.97 Å². The number of rotatable bonds is 5. The molecule has 148 valence electrons. The number of nitrogens with zero attached hydrogens (tertiary/aromatic N) is 2. The first-order valence-electron chi connectivity index (χ1n) is 9.29. The molecule has 0 bridgehead atoms. The van der Waals surface area contributed by atoms with E-state index in [0.717, 1.165) is 48.8 Å². The third-order valence-electron chi connectivity index (χ3n) is 4.91. The largest absolute Gasteiger partial charge is 0.469 e. The lowest BCUT2D eigenvalue weighted by Gasteiger charge is -2.35. The zero-order valence-corrected chi connectivity index (χ0v) is 16.3. The van der Waals surface area contributed by atoms with Crippen molar-refractivity contribution in [1.82, 2.24) is 4.90 Å². The molecule has 1 fully saturated rings. The highest BCUT2D eigenvalue weighted by Crippen LogP contribution is 2.27. The number of ether oxygens (including phenoxy) is 1. The first kappa shape index (κ1) is 19.5. The lowest BCUT2D eigenvalue weighted by Crippen LogP contribution is -2.48. The SMILES string of the molecule is COC(=O)Cc1ccc(Nc2cccc(N3CCN(C(C)=O)CC3)c2)c(N)c1. The van der Waals surface area contributed by atoms with Crippen molar-refractivity contribution in [3.63, 3.8) is 0 Å². The van der Waals surface area contributed by atoms with Crippen LogP contribution in [0.4, 0.5) is 22.7 Å². The maximum absolute atomic E-state index is 11.5. The van der Waals surface area contributed by atoms with Gasteiger partial charge < -0.3 is 25.6 Å². The number of benzene rings is 2. The molecular weight excluding hydrogens is 356 g/mol. The highest BCUT2D eigenvalue weighted by molar-refractivity contribution is 5.78. The van der Waals surface area contributed by atoms with Crippen LogP contribution in [0.3, 0.4) is 0 Å². The van der Waals surface area contributed by atoms with Crippen LogP contribution in [0.5, 0.6) is 0 Å². The molecule has 0 saturated carbocycles. The maximum atomic E-state index is 11.5. The van der Waals surface area contributed by atoms with Gasteiger partial charge in [-0.2, -0.15) is 0 Å². The van der Waals surface area contributed by atoms with Crippen molar-refractivity contribution in [2.75, 3.05) is 49.2 Å². The molecule has 3 N–H and O–H groups in total. The average Bonchev–Trinajstić information content (AvgIpc) is 2.70. The van der Waals surface area contributed by atoms with Crippen molar-refractivity contribution in [3.8, 4) is 0 Å². The molecule has 3 rings (SSSR count). The number of carbonyl (C=O) groups is 2. The van der Waals surface area contributed by atoms with Crippen molar-refractivity contribution in [3.05, 3.63) is 48.0 Å². The summed E-state index contributed by atoms with van der Waals surface area (Å²) >= 11 is 0. The highest BCUT2D eigenvalue weighted by atomic mass is 16.5. The molecule has 1 saturated heterocycles. The zero-order chi connectivity index (χ0) is 20.1. The summed E-state index contributed by atoms with van der Waals surface area (Å²) < 4.78 is 4.69. The topological polar surface area (TPSA) is 87.9 Å². The van der Waals surface area contributed by atoms with Crippen LogP contribution in [0.1, 0.15) is 12.5 Å². The van der Waals surface area contributed by atoms with Gasteiger partial charge in [0.15, 0.2) is 0 Å². The number of nitrogen functional groups attached to an aromatic ring is 1. The van der Waals surface area contributed by atoms with Crippen LogP contribution in [-0.4, -0.2) is 50.1 Å². The van der Waals surface area contributed by atoms with Crippen LogP contribution in [0.15, 0.2) is 42.5 Å². The Morgan fingerprint density at radius 1 is 1.11 bits per heavy atom. The summed E-state index contributed by atoms with van der Waals surface area (Å²) in [6.45, 7) is 4.71. The molecule has 0 aliphatic carbocycles. The third-order valence-corrected chi connectivity index (χ3v) is 4.91. The van der Waals surface area contributed by atoms with Crippen LogP contribution in [0, 0.1) is 0 Å². The van der Waals surface area contributed by atoms with Crippen LogP contribution in [0.2, 0.25) is 0 Å². The lowest BCUT2D eigenvalue weighted by molar-refractivity contribution is -0.139. The number of carbonyl (C=O) groups excluding carboxylic acids is 2. The molecule has 0 unspecified atom stereocenters. The molecule has 7 nitrogen and oxygen atoms in total. The predicted octanol–water partition coefficient (Wildman–Crippen LogP) is 2.40. The molecule has 0 aromatic heterocycles. The van der Waals surface area contributed by atoms with Gasteiger partial charge in [-0.05, 0) is 35.9 Å². The van der Waals surface area contributed by atoms with Crippen molar-refractivity contribution in [1.29, 1.82) is 0 Å². The summed E-state index contributed by atoms with van der Waals surface area (Å²) in [5, 5.41) is 3.34. The number of amides is 1. The van der Waals surface area contributed by atoms with E-state index in [2.05, 4.69) is 27.1 Å². The van der Waals surface area contributed by atoms with Crippen LogP contribution >= 0.6 is 0 Å². The highest BCUT2D eigenvalue weighted by Gasteiger charge is 2.19. The first-order valence-corrected chi connectivity index (χ1v) is 9.29. The summed E-state index contributed by atoms with van der Waals surface area (Å²) in [5.74, 6) is -0.168. The van der Waals surface area contributed by atoms with Crippen molar-refractivity contribution >= 4 is 34.6 Å². The number of anilines is 4. The fourth-order valence-corrected chi connectivity index (χ4v) is 3.29. The number of hydrogen-bond acceptors (Lipinski definition) is 6. The first-order chi connectivity index (χ1) is 13.5. The van der Waals surface area contributed by atoms with Gasteiger partial charge in [-0.3, -0.25) is 9.59 Å². The predicted molar refractivity (Wildman–Crippen MR) is 111 cm³/mol. The van der Waals surface area contributed by atoms with Gasteiger partial charge in [-0.25, -0.2) is 0 Å². The summed E-state index contributed by atoms with van der Waals surface area (Å²) in [6, 6.07) is 13.6. The van der Waals surface area contributed by atoms with Gasteiger partial charge in [-0.1, -0.05) is 12.1 Å². The van der Waals surface area contributed by atoms with Gasteiger partial charge in [0.25, 0.3) is 0 Å². The number of nitrogens with two attached hydrogens (primary N) is 1. The van der Waals surface area contributed by atoms with E-state index >= 15 is 0 Å². The van der Waals surface area contributed by atoms with Gasteiger partial charge in [-0.15, -0.1) is 0 Å². The Morgan fingerprint density at radius 3 is 2.50 bits per heavy atom. The van der Waals surface area contributed by atoms with E-state index in [1.807, 2.05) is 29.2 Å². The quantitative estimate of drug-likeness (QED) is 0.610. The minimum atomic E-state index is -0.294. The summed E-state index contributed by atoms with van der Waals surface area (Å²) in [4.78, 5) is 27.0. The lowest BCUT2D eigenvalue weighted by atomic mass is 10.1. The second kappa shape index (κ2) is 8.65. The summed E-state index contributed by atoms with van der Waals surface area (Å²) in [5.41, 5.74) is 10.4. The number of nitrogens with one attached hydrogen (secondary N) is 1. The van der Waals surface area contributed by atoms with E-state index in [9.17, 15) is 9.59 Å². The number of hydrogen-bond donors (Lipinski definition) is 2. The minimum absolute atomic E-state index is 0.126. The molecule has 1 heterocycles. The van der Waals surface area contributed by atoms with Gasteiger partial charge in [0, 0.05) is 44.5 Å². The van der Waals surface area contributed by atoms with Crippen molar-refractivity contribution < 1.29 is 14.3 Å². The smallest absolute Gasteiger partial charge is 0.309 e. The average molecular weight is 382 g/mol. The normalized spacial score (nSPS) is 13.9. The fourth-order valence-electron chi connectivity index (χ4n) is 3.29. The van der Waals surface area contributed by atoms with Gasteiger partial charge in [0.1, 0.15) is 0 Å². The number of esters is 1. The fraction of sp³-hybridized carbons (Fsp3) is 0.333. The molecule has 7 heteroatoms. The van der Waals surface area contributed by atoms with E-state index in [-0.39, 0.29) is 18.3 Å². The molecule has 2 aromatic carbocycles. The number of piperazine rings is 1. The van der Waals surface area contributed by atoms with Gasteiger partial charge in [0.05, 0.1) is 24.9 Å². The van der Waals surface area contributed by atoms with E-state index in [0.29, 0.717) is 5.69 Å². The van der Waals surface area contributed by atoms with E-state index in [4.69, 9.17) is 5.73 Å². The van der Waals surface area contributed by atoms with Crippen LogP contribution in [0.25, 0.3) is 0 Å². The Kier molecular flexibility index (Phi) is 6.03. The number of methoxy groups -OCH3 is 1. The van der Waals surface area contributed by atoms with Gasteiger partial charge in [0.2, 0.25) is 5.91 Å². The zero-order valence-electron chi connectivity index (χ0n) is 16.3. The van der Waals surface area contributed by atoms with Crippen molar-refractivity contribution in [2.24, 2.45) is 0 Å². The third kappa shape index (κ3) is 4.73. The Balaban J connectivity index is 1.68. The molecule has 28 heavy (non-hydrogen) atoms. The standard InChI is InChI=1S/C21H26N4O3/c1-15(26)24-8-10-25(11-9-24)18-5-3-4-17(14-18)23-20-7-6-16(12-19(20)22)13-21(27)28-2/h3-7,12,14,23H,8-11,13,22H2,1-2H3. The molecule has 1 aliphatic heterocycles. The molecule has 1 amide bonds.